The average molecular weight is 305 g/mol. The van der Waals surface area contributed by atoms with Crippen LogP contribution in [-0.2, 0) is 0 Å². The third-order valence-corrected chi connectivity index (χ3v) is 3.20. The molecule has 6 heteroatoms. The average Bonchev–Trinajstić information content (AvgIpc) is 2.87. The van der Waals surface area contributed by atoms with E-state index in [9.17, 15) is 0 Å². The van der Waals surface area contributed by atoms with Crippen LogP contribution in [0.2, 0.25) is 10.0 Å². The van der Waals surface area contributed by atoms with Gasteiger partial charge in [-0.2, -0.15) is 5.10 Å². The molecule has 0 amide bonds. The number of benzene rings is 2. The first kappa shape index (κ1) is 13.0. The van der Waals surface area contributed by atoms with Gasteiger partial charge in [0, 0.05) is 26.9 Å². The van der Waals surface area contributed by atoms with Crippen molar-refractivity contribution in [2.45, 2.75) is 0 Å². The Labute approximate surface area is 125 Å². The fourth-order valence-electron chi connectivity index (χ4n) is 1.89. The molecule has 0 spiro atoms. The van der Waals surface area contributed by atoms with Gasteiger partial charge in [0.25, 0.3) is 0 Å². The van der Waals surface area contributed by atoms with Gasteiger partial charge in [-0.3, -0.25) is 5.10 Å². The summed E-state index contributed by atoms with van der Waals surface area (Å²) in [6.07, 6.45) is 0. The van der Waals surface area contributed by atoms with Crippen LogP contribution in [0.5, 0.6) is 0 Å². The molecule has 0 unspecified atom stereocenters. The van der Waals surface area contributed by atoms with E-state index in [2.05, 4.69) is 15.2 Å². The van der Waals surface area contributed by atoms with Crippen molar-refractivity contribution >= 4 is 28.9 Å². The third kappa shape index (κ3) is 2.61. The lowest BCUT2D eigenvalue weighted by molar-refractivity contribution is 1.10. The molecule has 3 rings (SSSR count). The molecule has 0 aliphatic rings. The molecule has 100 valence electrons. The number of aromatic amines is 1. The summed E-state index contributed by atoms with van der Waals surface area (Å²) in [7, 11) is 0. The zero-order valence-electron chi connectivity index (χ0n) is 10.3. The highest BCUT2D eigenvalue weighted by molar-refractivity contribution is 6.35. The topological polar surface area (TPSA) is 67.6 Å². The van der Waals surface area contributed by atoms with Crippen molar-refractivity contribution in [3.05, 3.63) is 52.5 Å². The summed E-state index contributed by atoms with van der Waals surface area (Å²) < 4.78 is 0. The summed E-state index contributed by atoms with van der Waals surface area (Å²) in [6, 6.07) is 12.6. The predicted octanol–water partition coefficient (Wildman–Crippen LogP) is 4.03. The van der Waals surface area contributed by atoms with Gasteiger partial charge in [0.15, 0.2) is 11.6 Å². The van der Waals surface area contributed by atoms with Crippen LogP contribution in [0.1, 0.15) is 0 Å². The number of nitrogen functional groups attached to an aromatic ring is 1. The molecular formula is C14H10Cl2N4. The van der Waals surface area contributed by atoms with Crippen LogP contribution in [0.15, 0.2) is 42.5 Å². The largest absolute Gasteiger partial charge is 0.399 e. The number of rotatable bonds is 2. The van der Waals surface area contributed by atoms with Crippen molar-refractivity contribution in [1.82, 2.24) is 15.2 Å². The van der Waals surface area contributed by atoms with Gasteiger partial charge in [0.1, 0.15) is 0 Å². The first-order chi connectivity index (χ1) is 9.61. The molecule has 20 heavy (non-hydrogen) atoms. The van der Waals surface area contributed by atoms with E-state index in [1.54, 1.807) is 18.2 Å². The standard InChI is InChI=1S/C14H10Cl2N4/c15-10-4-9(5-11(16)7-10)14-18-13(19-20-14)8-2-1-3-12(17)6-8/h1-7H,17H2,(H,18,19,20). The van der Waals surface area contributed by atoms with Crippen LogP contribution in [0.25, 0.3) is 22.8 Å². The summed E-state index contributed by atoms with van der Waals surface area (Å²) in [5.74, 6) is 1.18. The molecule has 0 fully saturated rings. The van der Waals surface area contributed by atoms with Crippen molar-refractivity contribution in [3.8, 4) is 22.8 Å². The summed E-state index contributed by atoms with van der Waals surface area (Å²) >= 11 is 12.0. The van der Waals surface area contributed by atoms with Crippen LogP contribution in [-0.4, -0.2) is 15.2 Å². The second kappa shape index (κ2) is 5.15. The maximum atomic E-state index is 5.98. The maximum absolute atomic E-state index is 5.98. The summed E-state index contributed by atoms with van der Waals surface area (Å²) in [4.78, 5) is 4.43. The minimum Gasteiger partial charge on any atom is -0.399 e. The monoisotopic (exact) mass is 304 g/mol. The summed E-state index contributed by atoms with van der Waals surface area (Å²) in [5, 5.41) is 8.15. The highest BCUT2D eigenvalue weighted by Gasteiger charge is 2.09. The van der Waals surface area contributed by atoms with E-state index in [4.69, 9.17) is 28.9 Å². The van der Waals surface area contributed by atoms with Crippen LogP contribution in [0.3, 0.4) is 0 Å². The molecule has 2 aromatic carbocycles. The molecule has 0 radical (unpaired) electrons. The van der Waals surface area contributed by atoms with Crippen LogP contribution >= 0.6 is 23.2 Å². The Morgan fingerprint density at radius 3 is 2.40 bits per heavy atom. The summed E-state index contributed by atoms with van der Waals surface area (Å²) in [6.45, 7) is 0. The molecule has 3 N–H and O–H groups in total. The fourth-order valence-corrected chi connectivity index (χ4v) is 2.41. The van der Waals surface area contributed by atoms with E-state index in [0.717, 1.165) is 11.1 Å². The Hall–Kier alpha value is -2.04. The molecule has 0 aliphatic heterocycles. The van der Waals surface area contributed by atoms with Gasteiger partial charge in [-0.25, -0.2) is 4.98 Å². The van der Waals surface area contributed by atoms with Crippen LogP contribution in [0.4, 0.5) is 5.69 Å². The van der Waals surface area contributed by atoms with E-state index >= 15 is 0 Å². The number of anilines is 1. The molecule has 3 aromatic rings. The van der Waals surface area contributed by atoms with Gasteiger partial charge >= 0.3 is 0 Å². The maximum Gasteiger partial charge on any atom is 0.181 e. The van der Waals surface area contributed by atoms with Gasteiger partial charge < -0.3 is 5.73 Å². The predicted molar refractivity (Wildman–Crippen MR) is 81.7 cm³/mol. The van der Waals surface area contributed by atoms with E-state index in [0.29, 0.717) is 27.4 Å². The van der Waals surface area contributed by atoms with E-state index in [1.807, 2.05) is 24.3 Å². The first-order valence-corrected chi connectivity index (χ1v) is 6.62. The molecule has 0 saturated carbocycles. The number of nitrogens with two attached hydrogens (primary N) is 1. The molecular weight excluding hydrogens is 295 g/mol. The number of aromatic nitrogens is 3. The quantitative estimate of drug-likeness (QED) is 0.702. The minimum atomic E-state index is 0.534. The minimum absolute atomic E-state index is 0.534. The molecule has 1 heterocycles. The van der Waals surface area contributed by atoms with Gasteiger partial charge in [-0.15, -0.1) is 0 Å². The molecule has 0 bridgehead atoms. The third-order valence-electron chi connectivity index (χ3n) is 2.77. The smallest absolute Gasteiger partial charge is 0.181 e. The Bertz CT molecular complexity index is 747. The van der Waals surface area contributed by atoms with Crippen molar-refractivity contribution in [2.24, 2.45) is 0 Å². The Morgan fingerprint density at radius 1 is 0.950 bits per heavy atom. The van der Waals surface area contributed by atoms with Crippen molar-refractivity contribution < 1.29 is 0 Å². The summed E-state index contributed by atoms with van der Waals surface area (Å²) in [5.41, 5.74) is 8.06. The van der Waals surface area contributed by atoms with Crippen molar-refractivity contribution in [3.63, 3.8) is 0 Å². The number of hydrogen-bond acceptors (Lipinski definition) is 3. The van der Waals surface area contributed by atoms with E-state index < -0.39 is 0 Å². The van der Waals surface area contributed by atoms with Gasteiger partial charge in [0.05, 0.1) is 0 Å². The van der Waals surface area contributed by atoms with Crippen molar-refractivity contribution in [1.29, 1.82) is 0 Å². The van der Waals surface area contributed by atoms with Crippen LogP contribution in [0, 0.1) is 0 Å². The van der Waals surface area contributed by atoms with Gasteiger partial charge in [-0.05, 0) is 30.3 Å². The second-order valence-electron chi connectivity index (χ2n) is 4.29. The Kier molecular flexibility index (Phi) is 3.34. The number of H-pyrrole nitrogens is 1. The fraction of sp³-hybridized carbons (Fsp3) is 0. The van der Waals surface area contributed by atoms with E-state index in [1.165, 1.54) is 0 Å². The highest BCUT2D eigenvalue weighted by atomic mass is 35.5. The Balaban J connectivity index is 2.02. The lowest BCUT2D eigenvalue weighted by atomic mass is 10.2. The number of nitrogens with zero attached hydrogens (tertiary/aromatic N) is 2. The molecule has 0 atom stereocenters. The lowest BCUT2D eigenvalue weighted by Gasteiger charge is -1.98. The SMILES string of the molecule is Nc1cccc(-c2nc(-c3cc(Cl)cc(Cl)c3)n[nH]2)c1. The zero-order valence-corrected chi connectivity index (χ0v) is 11.8. The molecule has 4 nitrogen and oxygen atoms in total. The number of halogens is 2. The zero-order chi connectivity index (χ0) is 14.1. The highest BCUT2D eigenvalue weighted by Crippen LogP contribution is 2.26. The van der Waals surface area contributed by atoms with Crippen LogP contribution < -0.4 is 5.73 Å². The second-order valence-corrected chi connectivity index (χ2v) is 5.16. The number of nitrogens with one attached hydrogen (secondary N) is 1. The lowest BCUT2D eigenvalue weighted by Crippen LogP contribution is -1.86. The normalized spacial score (nSPS) is 10.7. The van der Waals surface area contributed by atoms with Gasteiger partial charge in [0.2, 0.25) is 0 Å². The van der Waals surface area contributed by atoms with Crippen molar-refractivity contribution in [2.75, 3.05) is 5.73 Å². The molecule has 1 aromatic heterocycles. The molecule has 0 aliphatic carbocycles. The Morgan fingerprint density at radius 2 is 1.70 bits per heavy atom. The first-order valence-electron chi connectivity index (χ1n) is 5.86. The number of hydrogen-bond donors (Lipinski definition) is 2. The van der Waals surface area contributed by atoms with Gasteiger partial charge in [-0.1, -0.05) is 35.3 Å². The van der Waals surface area contributed by atoms with E-state index in [-0.39, 0.29) is 0 Å². The molecule has 0 saturated heterocycles.